The summed E-state index contributed by atoms with van der Waals surface area (Å²) >= 11 is 0. The number of carboxylic acid groups (broad SMARTS) is 1. The highest BCUT2D eigenvalue weighted by Crippen LogP contribution is 2.22. The van der Waals surface area contributed by atoms with Crippen LogP contribution in [-0.2, 0) is 0 Å². The highest BCUT2D eigenvalue weighted by molar-refractivity contribution is 5.95. The van der Waals surface area contributed by atoms with E-state index in [0.29, 0.717) is 17.1 Å². The molecule has 0 aliphatic heterocycles. The second kappa shape index (κ2) is 6.33. The van der Waals surface area contributed by atoms with Gasteiger partial charge in [-0.1, -0.05) is 13.8 Å². The number of carboxylic acids is 1. The Hall–Kier alpha value is -1.65. The zero-order valence-corrected chi connectivity index (χ0v) is 11.5. The molecule has 1 N–H and O–H groups in total. The van der Waals surface area contributed by atoms with Crippen LogP contribution >= 0.6 is 0 Å². The number of anilines is 1. The average Bonchev–Trinajstić information content (AvgIpc) is 2.31. The van der Waals surface area contributed by atoms with Gasteiger partial charge in [0.1, 0.15) is 5.56 Å². The molecule has 0 aromatic carbocycles. The van der Waals surface area contributed by atoms with Crippen LogP contribution in [0.1, 0.15) is 48.3 Å². The van der Waals surface area contributed by atoms with Gasteiger partial charge < -0.3 is 10.0 Å². The highest BCUT2D eigenvalue weighted by atomic mass is 16.4. The molecule has 0 saturated carbocycles. The lowest BCUT2D eigenvalue weighted by Crippen LogP contribution is -2.29. The van der Waals surface area contributed by atoms with Crippen molar-refractivity contribution in [2.75, 3.05) is 18.0 Å². The summed E-state index contributed by atoms with van der Waals surface area (Å²) in [5.41, 5.74) is 1.65. The molecule has 0 fully saturated rings. The van der Waals surface area contributed by atoms with Gasteiger partial charge in [0.2, 0.25) is 0 Å². The van der Waals surface area contributed by atoms with Crippen LogP contribution in [0.25, 0.3) is 0 Å². The fraction of sp³-hybridized carbons (Fsp3) is 0.615. The molecule has 0 bridgehead atoms. The molecule has 1 rings (SSSR count). The smallest absolute Gasteiger partial charge is 0.339 e. The van der Waals surface area contributed by atoms with Crippen LogP contribution in [0.2, 0.25) is 0 Å². The van der Waals surface area contributed by atoms with E-state index in [1.807, 2.05) is 4.90 Å². The molecule has 0 atom stereocenters. The van der Waals surface area contributed by atoms with E-state index in [2.05, 4.69) is 24.0 Å². The molecule has 0 aliphatic carbocycles. The Labute approximate surface area is 108 Å². The van der Waals surface area contributed by atoms with Crippen LogP contribution in [0.4, 0.5) is 5.82 Å². The summed E-state index contributed by atoms with van der Waals surface area (Å²) in [4.78, 5) is 13.4. The maximum Gasteiger partial charge on any atom is 0.339 e. The van der Waals surface area contributed by atoms with Gasteiger partial charge in [0.05, 0.1) is 5.69 Å². The molecular formula is C13H21N3O2. The number of hydrogen-bond acceptors (Lipinski definition) is 4. The molecule has 18 heavy (non-hydrogen) atoms. The number of carbonyl (C=O) groups is 1. The second-order valence-corrected chi connectivity index (χ2v) is 4.40. The highest BCUT2D eigenvalue weighted by Gasteiger charge is 2.21. The van der Waals surface area contributed by atoms with E-state index in [1.54, 1.807) is 13.8 Å². The fourth-order valence-electron chi connectivity index (χ4n) is 1.94. The minimum absolute atomic E-state index is 0.282. The zero-order valence-electron chi connectivity index (χ0n) is 11.5. The summed E-state index contributed by atoms with van der Waals surface area (Å²) in [7, 11) is 0. The van der Waals surface area contributed by atoms with E-state index in [1.165, 1.54) is 0 Å². The summed E-state index contributed by atoms with van der Waals surface area (Å²) in [6.45, 7) is 9.29. The molecule has 0 amide bonds. The Bertz CT molecular complexity index is 426. The van der Waals surface area contributed by atoms with Crippen molar-refractivity contribution in [2.45, 2.75) is 40.5 Å². The van der Waals surface area contributed by atoms with Crippen LogP contribution < -0.4 is 4.90 Å². The molecule has 0 radical (unpaired) electrons. The molecule has 5 nitrogen and oxygen atoms in total. The van der Waals surface area contributed by atoms with E-state index in [0.717, 1.165) is 25.9 Å². The molecule has 1 aromatic rings. The Morgan fingerprint density at radius 1 is 1.17 bits per heavy atom. The zero-order chi connectivity index (χ0) is 13.7. The Morgan fingerprint density at radius 3 is 2.17 bits per heavy atom. The van der Waals surface area contributed by atoms with E-state index in [4.69, 9.17) is 0 Å². The molecular weight excluding hydrogens is 230 g/mol. The molecule has 1 aromatic heterocycles. The maximum absolute atomic E-state index is 11.4. The summed E-state index contributed by atoms with van der Waals surface area (Å²) in [5.74, 6) is -0.438. The Balaban J connectivity index is 3.28. The van der Waals surface area contributed by atoms with Gasteiger partial charge in [-0.3, -0.25) is 0 Å². The van der Waals surface area contributed by atoms with Gasteiger partial charge in [-0.25, -0.2) is 4.79 Å². The van der Waals surface area contributed by atoms with Gasteiger partial charge in [0.25, 0.3) is 0 Å². The van der Waals surface area contributed by atoms with Crippen LogP contribution in [0.5, 0.6) is 0 Å². The third kappa shape index (κ3) is 2.97. The van der Waals surface area contributed by atoms with Crippen molar-refractivity contribution in [1.29, 1.82) is 0 Å². The molecule has 0 spiro atoms. The van der Waals surface area contributed by atoms with E-state index in [-0.39, 0.29) is 5.56 Å². The van der Waals surface area contributed by atoms with Crippen molar-refractivity contribution in [3.8, 4) is 0 Å². The number of aryl methyl sites for hydroxylation is 1. The van der Waals surface area contributed by atoms with Gasteiger partial charge in [-0.2, -0.15) is 5.10 Å². The number of aromatic carboxylic acids is 1. The summed E-state index contributed by atoms with van der Waals surface area (Å²) in [5, 5.41) is 17.5. The van der Waals surface area contributed by atoms with Gasteiger partial charge in [0, 0.05) is 13.1 Å². The number of aromatic nitrogens is 2. The Kier molecular flexibility index (Phi) is 5.07. The third-order valence-electron chi connectivity index (χ3n) is 2.94. The summed E-state index contributed by atoms with van der Waals surface area (Å²) < 4.78 is 0. The topological polar surface area (TPSA) is 66.3 Å². The minimum Gasteiger partial charge on any atom is -0.478 e. The molecule has 0 saturated heterocycles. The van der Waals surface area contributed by atoms with Crippen LogP contribution in [0.15, 0.2) is 0 Å². The molecule has 0 aliphatic rings. The monoisotopic (exact) mass is 251 g/mol. The SMILES string of the molecule is CCCN(CCC)c1nnc(C)c(C)c1C(=O)O. The van der Waals surface area contributed by atoms with Crippen LogP contribution in [0.3, 0.4) is 0 Å². The number of hydrogen-bond donors (Lipinski definition) is 1. The lowest BCUT2D eigenvalue weighted by Gasteiger charge is -2.24. The van der Waals surface area contributed by atoms with Gasteiger partial charge in [-0.15, -0.1) is 5.10 Å². The van der Waals surface area contributed by atoms with Gasteiger partial charge >= 0.3 is 5.97 Å². The predicted octanol–water partition coefficient (Wildman–Crippen LogP) is 2.42. The molecule has 1 heterocycles. The third-order valence-corrected chi connectivity index (χ3v) is 2.94. The summed E-state index contributed by atoms with van der Waals surface area (Å²) in [6, 6.07) is 0. The van der Waals surface area contributed by atoms with Crippen molar-refractivity contribution in [2.24, 2.45) is 0 Å². The van der Waals surface area contributed by atoms with Crippen molar-refractivity contribution in [1.82, 2.24) is 10.2 Å². The standard InChI is InChI=1S/C13H21N3O2/c1-5-7-16(8-6-2)12-11(13(17)18)9(3)10(4)14-15-12/h5-8H2,1-4H3,(H,17,18). The van der Waals surface area contributed by atoms with Crippen LogP contribution in [-0.4, -0.2) is 34.4 Å². The number of nitrogens with zero attached hydrogens (tertiary/aromatic N) is 3. The first-order valence-electron chi connectivity index (χ1n) is 6.35. The number of rotatable bonds is 6. The lowest BCUT2D eigenvalue weighted by molar-refractivity contribution is 0.0696. The summed E-state index contributed by atoms with van der Waals surface area (Å²) in [6.07, 6.45) is 1.90. The van der Waals surface area contributed by atoms with Crippen molar-refractivity contribution in [3.63, 3.8) is 0 Å². The first-order chi connectivity index (χ1) is 8.52. The molecule has 100 valence electrons. The quantitative estimate of drug-likeness (QED) is 0.841. The second-order valence-electron chi connectivity index (χ2n) is 4.40. The Morgan fingerprint density at radius 2 is 1.72 bits per heavy atom. The molecule has 0 unspecified atom stereocenters. The van der Waals surface area contributed by atoms with Gasteiger partial charge in [0.15, 0.2) is 5.82 Å². The fourth-order valence-corrected chi connectivity index (χ4v) is 1.94. The van der Waals surface area contributed by atoms with E-state index in [9.17, 15) is 9.90 Å². The van der Waals surface area contributed by atoms with E-state index < -0.39 is 5.97 Å². The first-order valence-corrected chi connectivity index (χ1v) is 6.35. The minimum atomic E-state index is -0.933. The average molecular weight is 251 g/mol. The normalized spacial score (nSPS) is 10.4. The molecule has 5 heteroatoms. The van der Waals surface area contributed by atoms with Crippen LogP contribution in [0, 0.1) is 13.8 Å². The largest absolute Gasteiger partial charge is 0.478 e. The van der Waals surface area contributed by atoms with E-state index >= 15 is 0 Å². The first kappa shape index (κ1) is 14.4. The predicted molar refractivity (Wildman–Crippen MR) is 71.3 cm³/mol. The van der Waals surface area contributed by atoms with Crippen molar-refractivity contribution in [3.05, 3.63) is 16.8 Å². The van der Waals surface area contributed by atoms with Crippen molar-refractivity contribution < 1.29 is 9.90 Å². The maximum atomic E-state index is 11.4. The van der Waals surface area contributed by atoms with Gasteiger partial charge in [-0.05, 0) is 32.3 Å². The lowest BCUT2D eigenvalue weighted by atomic mass is 10.1. The van der Waals surface area contributed by atoms with Crippen molar-refractivity contribution >= 4 is 11.8 Å².